The molecular weight excluding hydrogens is 350 g/mol. The van der Waals surface area contributed by atoms with Crippen LogP contribution < -0.4 is 0 Å². The fourth-order valence-electron chi connectivity index (χ4n) is 3.72. The van der Waals surface area contributed by atoms with Crippen molar-refractivity contribution >= 4 is 5.91 Å². The highest BCUT2D eigenvalue weighted by Crippen LogP contribution is 2.13. The zero-order chi connectivity index (χ0) is 19.9. The number of imidazole rings is 1. The molecule has 0 N–H and O–H groups in total. The minimum Gasteiger partial charge on any atom is -0.330 e. The number of rotatable bonds is 7. The SMILES string of the molecule is CC(=O)N(CCc1cnc(C)n1Cc1ccc(C#N)cc1)CN1CCCCC1. The van der Waals surface area contributed by atoms with Gasteiger partial charge in [0.1, 0.15) is 5.82 Å². The standard InChI is InChI=1S/C22H29N5O/c1-18-24-15-22(27(18)16-21-8-6-20(14-23)7-9-21)10-13-26(19(2)28)17-25-11-4-3-5-12-25/h6-9,15H,3-5,10-13,16-17H2,1-2H3. The summed E-state index contributed by atoms with van der Waals surface area (Å²) in [5.74, 6) is 1.09. The predicted molar refractivity (Wildman–Crippen MR) is 109 cm³/mol. The van der Waals surface area contributed by atoms with Crippen LogP contribution in [-0.4, -0.2) is 51.6 Å². The normalized spacial score (nSPS) is 14.6. The van der Waals surface area contributed by atoms with E-state index in [1.54, 1.807) is 6.92 Å². The predicted octanol–water partition coefficient (Wildman–Crippen LogP) is 2.95. The minimum absolute atomic E-state index is 0.125. The van der Waals surface area contributed by atoms with Gasteiger partial charge in [-0.05, 0) is 50.6 Å². The molecule has 2 aromatic rings. The monoisotopic (exact) mass is 379 g/mol. The highest BCUT2D eigenvalue weighted by molar-refractivity contribution is 5.73. The van der Waals surface area contributed by atoms with Crippen molar-refractivity contribution in [1.29, 1.82) is 5.26 Å². The van der Waals surface area contributed by atoms with Gasteiger partial charge in [0.05, 0.1) is 18.3 Å². The number of carbonyl (C=O) groups is 1. The quantitative estimate of drug-likeness (QED) is 0.742. The van der Waals surface area contributed by atoms with E-state index in [2.05, 4.69) is 20.5 Å². The second kappa shape index (κ2) is 9.52. The minimum atomic E-state index is 0.125. The van der Waals surface area contributed by atoms with E-state index in [4.69, 9.17) is 5.26 Å². The summed E-state index contributed by atoms with van der Waals surface area (Å²) in [6.45, 7) is 7.97. The summed E-state index contributed by atoms with van der Waals surface area (Å²) in [5, 5.41) is 8.96. The number of aryl methyl sites for hydroxylation is 1. The Morgan fingerprint density at radius 2 is 1.93 bits per heavy atom. The van der Waals surface area contributed by atoms with Crippen molar-refractivity contribution in [2.45, 2.75) is 46.1 Å². The molecule has 2 heterocycles. The average molecular weight is 380 g/mol. The van der Waals surface area contributed by atoms with Crippen molar-refractivity contribution in [3.05, 3.63) is 53.1 Å². The number of carbonyl (C=O) groups excluding carboxylic acids is 1. The molecule has 0 unspecified atom stereocenters. The third-order valence-corrected chi connectivity index (χ3v) is 5.46. The van der Waals surface area contributed by atoms with E-state index in [1.807, 2.05) is 42.3 Å². The first-order chi connectivity index (χ1) is 13.6. The van der Waals surface area contributed by atoms with Crippen LogP contribution in [0.3, 0.4) is 0 Å². The number of nitriles is 1. The van der Waals surface area contributed by atoms with Gasteiger partial charge in [0.25, 0.3) is 0 Å². The molecular formula is C22H29N5O. The molecule has 0 aliphatic carbocycles. The molecule has 1 aromatic heterocycles. The Labute approximate surface area is 167 Å². The van der Waals surface area contributed by atoms with Gasteiger partial charge in [0, 0.05) is 38.3 Å². The Balaban J connectivity index is 1.64. The Morgan fingerprint density at radius 1 is 1.21 bits per heavy atom. The molecule has 1 aliphatic rings. The zero-order valence-electron chi connectivity index (χ0n) is 16.9. The van der Waals surface area contributed by atoms with Crippen LogP contribution in [0.2, 0.25) is 0 Å². The maximum atomic E-state index is 12.1. The molecule has 1 saturated heterocycles. The smallest absolute Gasteiger partial charge is 0.220 e. The van der Waals surface area contributed by atoms with Gasteiger partial charge < -0.3 is 9.47 Å². The van der Waals surface area contributed by atoms with Gasteiger partial charge in [-0.2, -0.15) is 5.26 Å². The maximum absolute atomic E-state index is 12.1. The second-order valence-corrected chi connectivity index (χ2v) is 7.54. The molecule has 1 aliphatic heterocycles. The van der Waals surface area contributed by atoms with Crippen LogP contribution in [0, 0.1) is 18.3 Å². The van der Waals surface area contributed by atoms with E-state index in [0.29, 0.717) is 12.1 Å². The molecule has 0 atom stereocenters. The number of likely N-dealkylation sites (tertiary alicyclic amines) is 1. The summed E-state index contributed by atoms with van der Waals surface area (Å²) in [4.78, 5) is 20.9. The largest absolute Gasteiger partial charge is 0.330 e. The third kappa shape index (κ3) is 5.20. The van der Waals surface area contributed by atoms with Crippen LogP contribution in [-0.2, 0) is 17.8 Å². The zero-order valence-corrected chi connectivity index (χ0v) is 16.9. The molecule has 0 bridgehead atoms. The fourth-order valence-corrected chi connectivity index (χ4v) is 3.72. The van der Waals surface area contributed by atoms with E-state index < -0.39 is 0 Å². The molecule has 148 valence electrons. The number of nitrogens with zero attached hydrogens (tertiary/aromatic N) is 5. The first-order valence-electron chi connectivity index (χ1n) is 10.0. The Kier molecular flexibility index (Phi) is 6.83. The van der Waals surface area contributed by atoms with Crippen molar-refractivity contribution in [2.24, 2.45) is 0 Å². The van der Waals surface area contributed by atoms with Crippen LogP contribution in [0.25, 0.3) is 0 Å². The topological polar surface area (TPSA) is 65.2 Å². The molecule has 3 rings (SSSR count). The number of hydrogen-bond acceptors (Lipinski definition) is 4. The fraction of sp³-hybridized carbons (Fsp3) is 0.500. The summed E-state index contributed by atoms with van der Waals surface area (Å²) in [7, 11) is 0. The number of aromatic nitrogens is 2. The molecule has 6 nitrogen and oxygen atoms in total. The molecule has 1 aromatic carbocycles. The lowest BCUT2D eigenvalue weighted by molar-refractivity contribution is -0.131. The molecule has 1 amide bonds. The van der Waals surface area contributed by atoms with E-state index in [-0.39, 0.29) is 5.91 Å². The van der Waals surface area contributed by atoms with Crippen molar-refractivity contribution < 1.29 is 4.79 Å². The summed E-state index contributed by atoms with van der Waals surface area (Å²) in [6.07, 6.45) is 6.44. The number of hydrogen-bond donors (Lipinski definition) is 0. The first-order valence-corrected chi connectivity index (χ1v) is 10.0. The molecule has 0 radical (unpaired) electrons. The lowest BCUT2D eigenvalue weighted by Gasteiger charge is -2.32. The van der Waals surface area contributed by atoms with Crippen molar-refractivity contribution in [1.82, 2.24) is 19.4 Å². The molecule has 28 heavy (non-hydrogen) atoms. The number of benzene rings is 1. The van der Waals surface area contributed by atoms with Crippen LogP contribution in [0.1, 0.15) is 48.8 Å². The van der Waals surface area contributed by atoms with Crippen LogP contribution in [0.15, 0.2) is 30.5 Å². The summed E-state index contributed by atoms with van der Waals surface area (Å²) in [5.41, 5.74) is 2.94. The summed E-state index contributed by atoms with van der Waals surface area (Å²) >= 11 is 0. The van der Waals surface area contributed by atoms with E-state index in [0.717, 1.165) is 49.8 Å². The van der Waals surface area contributed by atoms with Gasteiger partial charge >= 0.3 is 0 Å². The first kappa shape index (κ1) is 20.1. The van der Waals surface area contributed by atoms with Crippen molar-refractivity contribution in [3.8, 4) is 6.07 Å². The average Bonchev–Trinajstić information content (AvgIpc) is 3.06. The Morgan fingerprint density at radius 3 is 2.57 bits per heavy atom. The summed E-state index contributed by atoms with van der Waals surface area (Å²) < 4.78 is 2.20. The van der Waals surface area contributed by atoms with Crippen LogP contribution in [0.5, 0.6) is 0 Å². The van der Waals surface area contributed by atoms with Crippen LogP contribution >= 0.6 is 0 Å². The Hall–Kier alpha value is -2.65. The van der Waals surface area contributed by atoms with Gasteiger partial charge in [-0.15, -0.1) is 0 Å². The number of piperidine rings is 1. The van der Waals surface area contributed by atoms with Gasteiger partial charge in [0.15, 0.2) is 0 Å². The van der Waals surface area contributed by atoms with Crippen molar-refractivity contribution in [3.63, 3.8) is 0 Å². The van der Waals surface area contributed by atoms with Gasteiger partial charge in [-0.1, -0.05) is 18.6 Å². The molecule has 6 heteroatoms. The van der Waals surface area contributed by atoms with Gasteiger partial charge in [-0.3, -0.25) is 9.69 Å². The van der Waals surface area contributed by atoms with Crippen molar-refractivity contribution in [2.75, 3.05) is 26.3 Å². The Bertz CT molecular complexity index is 828. The lowest BCUT2D eigenvalue weighted by atomic mass is 10.1. The maximum Gasteiger partial charge on any atom is 0.220 e. The molecule has 0 saturated carbocycles. The summed E-state index contributed by atoms with van der Waals surface area (Å²) in [6, 6.07) is 9.81. The molecule has 0 spiro atoms. The highest BCUT2D eigenvalue weighted by atomic mass is 16.2. The van der Waals surface area contributed by atoms with E-state index >= 15 is 0 Å². The highest BCUT2D eigenvalue weighted by Gasteiger charge is 2.17. The lowest BCUT2D eigenvalue weighted by Crippen LogP contribution is -2.43. The van der Waals surface area contributed by atoms with Gasteiger partial charge in [0.2, 0.25) is 5.91 Å². The van der Waals surface area contributed by atoms with Crippen LogP contribution in [0.4, 0.5) is 0 Å². The second-order valence-electron chi connectivity index (χ2n) is 7.54. The third-order valence-electron chi connectivity index (χ3n) is 5.46. The van der Waals surface area contributed by atoms with E-state index in [1.165, 1.54) is 19.3 Å². The van der Waals surface area contributed by atoms with E-state index in [9.17, 15) is 4.79 Å². The number of amides is 1. The molecule has 1 fully saturated rings. The van der Waals surface area contributed by atoms with Gasteiger partial charge in [-0.25, -0.2) is 4.98 Å².